The zero-order valence-corrected chi connectivity index (χ0v) is 13.2. The standard InChI is InChI=1S/C16H22N2O5/c1-12(16(21)22)18-10-6-7-13(15(18)20)23-11-14(19)17-8-4-2-3-5-9-17/h6-7,10,12H,2-5,8-9,11H2,1H3,(H,21,22). The molecule has 1 N–H and O–H groups in total. The highest BCUT2D eigenvalue weighted by Gasteiger charge is 2.19. The third-order valence-electron chi connectivity index (χ3n) is 4.02. The number of rotatable bonds is 5. The second-order valence-corrected chi connectivity index (χ2v) is 5.68. The molecule has 126 valence electrons. The van der Waals surface area contributed by atoms with E-state index in [1.165, 1.54) is 25.3 Å². The van der Waals surface area contributed by atoms with Crippen LogP contribution in [0, 0.1) is 0 Å². The molecule has 7 nitrogen and oxygen atoms in total. The normalized spacial score (nSPS) is 16.5. The molecule has 0 bridgehead atoms. The molecule has 23 heavy (non-hydrogen) atoms. The third-order valence-corrected chi connectivity index (χ3v) is 4.02. The maximum atomic E-state index is 12.2. The molecule has 2 rings (SSSR count). The number of hydrogen-bond donors (Lipinski definition) is 1. The Morgan fingerprint density at radius 1 is 1.26 bits per heavy atom. The SMILES string of the molecule is CC(C(=O)O)n1cccc(OCC(=O)N2CCCCCC2)c1=O. The molecule has 1 aliphatic rings. The molecule has 1 atom stereocenters. The number of pyridine rings is 1. The maximum Gasteiger partial charge on any atom is 0.326 e. The van der Waals surface area contributed by atoms with E-state index in [2.05, 4.69) is 0 Å². The van der Waals surface area contributed by atoms with E-state index in [-0.39, 0.29) is 18.3 Å². The summed E-state index contributed by atoms with van der Waals surface area (Å²) in [4.78, 5) is 37.1. The maximum absolute atomic E-state index is 12.2. The van der Waals surface area contributed by atoms with Crippen molar-refractivity contribution >= 4 is 11.9 Å². The van der Waals surface area contributed by atoms with Crippen molar-refractivity contribution in [1.82, 2.24) is 9.47 Å². The predicted molar refractivity (Wildman–Crippen MR) is 83.6 cm³/mol. The van der Waals surface area contributed by atoms with Crippen molar-refractivity contribution in [3.05, 3.63) is 28.7 Å². The fourth-order valence-corrected chi connectivity index (χ4v) is 2.57. The van der Waals surface area contributed by atoms with Gasteiger partial charge in [-0.2, -0.15) is 0 Å². The Bertz CT molecular complexity index is 617. The lowest BCUT2D eigenvalue weighted by molar-refractivity contribution is -0.140. The van der Waals surface area contributed by atoms with Crippen LogP contribution in [-0.4, -0.2) is 46.1 Å². The number of nitrogens with zero attached hydrogens (tertiary/aromatic N) is 2. The predicted octanol–water partition coefficient (Wildman–Crippen LogP) is 1.28. The lowest BCUT2D eigenvalue weighted by atomic mass is 10.2. The molecular weight excluding hydrogens is 300 g/mol. The zero-order chi connectivity index (χ0) is 16.8. The van der Waals surface area contributed by atoms with Crippen LogP contribution in [0.25, 0.3) is 0 Å². The molecule has 0 radical (unpaired) electrons. The molecular formula is C16H22N2O5. The van der Waals surface area contributed by atoms with Gasteiger partial charge in [-0.05, 0) is 31.9 Å². The van der Waals surface area contributed by atoms with Crippen molar-refractivity contribution in [1.29, 1.82) is 0 Å². The molecule has 1 saturated heterocycles. The Balaban J connectivity index is 2.03. The van der Waals surface area contributed by atoms with E-state index in [1.807, 2.05) is 0 Å². The van der Waals surface area contributed by atoms with Gasteiger partial charge >= 0.3 is 5.97 Å². The highest BCUT2D eigenvalue weighted by atomic mass is 16.5. The van der Waals surface area contributed by atoms with Crippen LogP contribution in [0.3, 0.4) is 0 Å². The molecule has 1 aromatic rings. The van der Waals surface area contributed by atoms with E-state index in [1.54, 1.807) is 4.90 Å². The summed E-state index contributed by atoms with van der Waals surface area (Å²) in [6, 6.07) is 1.99. The van der Waals surface area contributed by atoms with Crippen LogP contribution in [0.1, 0.15) is 38.6 Å². The van der Waals surface area contributed by atoms with E-state index >= 15 is 0 Å². The Morgan fingerprint density at radius 3 is 2.52 bits per heavy atom. The number of likely N-dealkylation sites (tertiary alicyclic amines) is 1. The molecule has 1 aromatic heterocycles. The fourth-order valence-electron chi connectivity index (χ4n) is 2.57. The Morgan fingerprint density at radius 2 is 1.91 bits per heavy atom. The molecule has 1 aliphatic heterocycles. The van der Waals surface area contributed by atoms with Gasteiger partial charge in [0.1, 0.15) is 6.04 Å². The lowest BCUT2D eigenvalue weighted by Gasteiger charge is -2.20. The molecule has 1 amide bonds. The number of carboxylic acids is 1. The average molecular weight is 322 g/mol. The molecule has 0 saturated carbocycles. The summed E-state index contributed by atoms with van der Waals surface area (Å²) < 4.78 is 6.42. The van der Waals surface area contributed by atoms with Gasteiger partial charge in [-0.1, -0.05) is 12.8 Å². The minimum absolute atomic E-state index is 0.0104. The molecule has 7 heteroatoms. The van der Waals surface area contributed by atoms with Gasteiger partial charge in [-0.25, -0.2) is 4.79 Å². The summed E-state index contributed by atoms with van der Waals surface area (Å²) >= 11 is 0. The van der Waals surface area contributed by atoms with Crippen LogP contribution in [-0.2, 0) is 9.59 Å². The first kappa shape index (κ1) is 17.1. The van der Waals surface area contributed by atoms with Gasteiger partial charge < -0.3 is 14.7 Å². The summed E-state index contributed by atoms with van der Waals surface area (Å²) in [5, 5.41) is 9.00. The molecule has 1 fully saturated rings. The summed E-state index contributed by atoms with van der Waals surface area (Å²) in [6.45, 7) is 2.64. The van der Waals surface area contributed by atoms with Gasteiger partial charge in [0.2, 0.25) is 0 Å². The first-order valence-corrected chi connectivity index (χ1v) is 7.85. The van der Waals surface area contributed by atoms with Crippen LogP contribution in [0.15, 0.2) is 23.1 Å². The van der Waals surface area contributed by atoms with Crippen LogP contribution < -0.4 is 10.3 Å². The number of carboxylic acid groups (broad SMARTS) is 1. The number of carbonyl (C=O) groups excluding carboxylic acids is 1. The lowest BCUT2D eigenvalue weighted by Crippen LogP contribution is -2.36. The van der Waals surface area contributed by atoms with Gasteiger partial charge in [0.25, 0.3) is 11.5 Å². The van der Waals surface area contributed by atoms with Crippen molar-refractivity contribution in [3.63, 3.8) is 0 Å². The van der Waals surface area contributed by atoms with Gasteiger partial charge in [-0.3, -0.25) is 14.2 Å². The highest BCUT2D eigenvalue weighted by molar-refractivity contribution is 5.77. The van der Waals surface area contributed by atoms with E-state index in [0.29, 0.717) is 0 Å². The average Bonchev–Trinajstić information content (AvgIpc) is 2.82. The molecule has 0 aliphatic carbocycles. The fraction of sp³-hybridized carbons (Fsp3) is 0.562. The first-order valence-electron chi connectivity index (χ1n) is 7.85. The highest BCUT2D eigenvalue weighted by Crippen LogP contribution is 2.11. The van der Waals surface area contributed by atoms with Gasteiger partial charge in [-0.15, -0.1) is 0 Å². The van der Waals surface area contributed by atoms with Crippen molar-refractivity contribution in [2.24, 2.45) is 0 Å². The van der Waals surface area contributed by atoms with Gasteiger partial charge in [0.15, 0.2) is 12.4 Å². The van der Waals surface area contributed by atoms with E-state index in [0.717, 1.165) is 43.3 Å². The van der Waals surface area contributed by atoms with Gasteiger partial charge in [0.05, 0.1) is 0 Å². The smallest absolute Gasteiger partial charge is 0.326 e. The van der Waals surface area contributed by atoms with Crippen molar-refractivity contribution in [2.75, 3.05) is 19.7 Å². The topological polar surface area (TPSA) is 88.8 Å². The van der Waals surface area contributed by atoms with Crippen molar-refractivity contribution < 1.29 is 19.4 Å². The van der Waals surface area contributed by atoms with Crippen LogP contribution >= 0.6 is 0 Å². The first-order chi connectivity index (χ1) is 11.0. The number of aromatic nitrogens is 1. The summed E-state index contributed by atoms with van der Waals surface area (Å²) in [7, 11) is 0. The molecule has 0 aromatic carbocycles. The van der Waals surface area contributed by atoms with Crippen LogP contribution in [0.2, 0.25) is 0 Å². The quantitative estimate of drug-likeness (QED) is 0.882. The van der Waals surface area contributed by atoms with Crippen molar-refractivity contribution in [3.8, 4) is 5.75 Å². The largest absolute Gasteiger partial charge is 0.480 e. The van der Waals surface area contributed by atoms with Gasteiger partial charge in [0, 0.05) is 19.3 Å². The minimum Gasteiger partial charge on any atom is -0.480 e. The summed E-state index contributed by atoms with van der Waals surface area (Å²) in [5.74, 6) is -1.26. The van der Waals surface area contributed by atoms with E-state index < -0.39 is 17.6 Å². The molecule has 2 heterocycles. The number of amides is 1. The second kappa shape index (κ2) is 7.80. The number of aliphatic carboxylic acids is 1. The second-order valence-electron chi connectivity index (χ2n) is 5.68. The van der Waals surface area contributed by atoms with Crippen LogP contribution in [0.5, 0.6) is 5.75 Å². The number of hydrogen-bond acceptors (Lipinski definition) is 4. The van der Waals surface area contributed by atoms with Crippen LogP contribution in [0.4, 0.5) is 0 Å². The third kappa shape index (κ3) is 4.34. The van der Waals surface area contributed by atoms with Crippen molar-refractivity contribution in [2.45, 2.75) is 38.6 Å². The Hall–Kier alpha value is -2.31. The summed E-state index contributed by atoms with van der Waals surface area (Å²) in [5.41, 5.74) is -0.550. The summed E-state index contributed by atoms with van der Waals surface area (Å²) in [6.07, 6.45) is 5.62. The number of carbonyl (C=O) groups is 2. The molecule has 1 unspecified atom stereocenters. The number of ether oxygens (including phenoxy) is 1. The van der Waals surface area contributed by atoms with E-state index in [9.17, 15) is 14.4 Å². The Kier molecular flexibility index (Phi) is 5.78. The monoisotopic (exact) mass is 322 g/mol. The minimum atomic E-state index is -1.11. The zero-order valence-electron chi connectivity index (χ0n) is 13.2. The van der Waals surface area contributed by atoms with E-state index in [4.69, 9.17) is 9.84 Å². The Labute approximate surface area is 134 Å². The molecule has 0 spiro atoms.